The molecule has 0 aliphatic heterocycles. The smallest absolute Gasteiger partial charge is 0.0645 e. The van der Waals surface area contributed by atoms with E-state index in [1.807, 2.05) is 6.07 Å². The normalized spacial score (nSPS) is 17.7. The lowest BCUT2D eigenvalue weighted by molar-refractivity contribution is 1.28. The summed E-state index contributed by atoms with van der Waals surface area (Å²) in [6.07, 6.45) is 0. The number of hydrogen-bond acceptors (Lipinski definition) is 1. The molecule has 1 nitrogen and oxygen atoms in total. The van der Waals surface area contributed by atoms with Gasteiger partial charge in [0, 0.05) is 17.1 Å². The highest BCUT2D eigenvalue weighted by Crippen LogP contribution is 2.41. The minimum Gasteiger partial charge on any atom is -0.311 e. The number of fused-ring (bicyclic) bond motifs is 2. The molecule has 0 heterocycles. The van der Waals surface area contributed by atoms with Crippen molar-refractivity contribution in [2.45, 2.75) is 0 Å². The van der Waals surface area contributed by atoms with Gasteiger partial charge in [-0.1, -0.05) is 175 Å². The van der Waals surface area contributed by atoms with Crippen molar-refractivity contribution in [3.05, 3.63) is 212 Å². The van der Waals surface area contributed by atoms with Gasteiger partial charge in [0.25, 0.3) is 0 Å². The van der Waals surface area contributed by atoms with Crippen molar-refractivity contribution < 1.29 is 32.9 Å². The van der Waals surface area contributed by atoms with E-state index >= 15 is 0 Å². The summed E-state index contributed by atoms with van der Waals surface area (Å²) >= 11 is 0. The number of anilines is 3. The van der Waals surface area contributed by atoms with Crippen LogP contribution in [0.5, 0.6) is 0 Å². The van der Waals surface area contributed by atoms with Crippen LogP contribution in [0.4, 0.5) is 17.1 Å². The standard InChI is InChI=1S/C50H35N/c1-3-12-36(13-4-1)37-22-29-43(30-23-37)51(44-31-24-41(25-32-44)47-21-11-18-38-16-7-9-19-46(38)47)45-33-26-42(27-34-45)50-48-20-10-8-17-40(48)28-35-49(50)39-14-5-2-6-15-39/h1-35H/i1D,3D,4D,7D,9D,11D,12D,13D,16D,18D,19D,21D,22D,23D,24D,25D,26D,27D,29D,30D,31D,32D,33D,34D. The third-order valence-corrected chi connectivity index (χ3v) is 8.08. The predicted octanol–water partition coefficient (Wildman–Crippen LogP) is 14.1. The quantitative estimate of drug-likeness (QED) is 0.163. The van der Waals surface area contributed by atoms with E-state index in [1.54, 1.807) is 60.7 Å². The Morgan fingerprint density at radius 2 is 0.882 bits per heavy atom. The maximum Gasteiger partial charge on any atom is 0.0645 e. The molecule has 0 amide bonds. The molecule has 0 N–H and O–H groups in total. The van der Waals surface area contributed by atoms with Gasteiger partial charge in [-0.15, -0.1) is 0 Å². The molecule has 1 heteroatoms. The summed E-state index contributed by atoms with van der Waals surface area (Å²) in [6, 6.07) is -3.33. The fourth-order valence-corrected chi connectivity index (χ4v) is 5.74. The summed E-state index contributed by atoms with van der Waals surface area (Å²) in [7, 11) is 0. The zero-order valence-electron chi connectivity index (χ0n) is 50.3. The van der Waals surface area contributed by atoms with Gasteiger partial charge in [-0.3, -0.25) is 0 Å². The molecule has 0 atom stereocenters. The third kappa shape index (κ3) is 5.86. The second kappa shape index (κ2) is 13.3. The molecule has 0 aliphatic rings. The minimum atomic E-state index is -1.16. The lowest BCUT2D eigenvalue weighted by Gasteiger charge is -2.26. The Labute approximate surface area is 333 Å². The van der Waals surface area contributed by atoms with Crippen molar-refractivity contribution >= 4 is 38.6 Å². The summed E-state index contributed by atoms with van der Waals surface area (Å²) in [5.41, 5.74) is -4.92. The van der Waals surface area contributed by atoms with Crippen molar-refractivity contribution in [2.24, 2.45) is 0 Å². The highest BCUT2D eigenvalue weighted by atomic mass is 15.1. The Morgan fingerprint density at radius 1 is 0.314 bits per heavy atom. The molecule has 51 heavy (non-hydrogen) atoms. The summed E-state index contributed by atoms with van der Waals surface area (Å²) in [5, 5.41) is -0.0235. The second-order valence-electron chi connectivity index (χ2n) is 11.1. The first-order valence-electron chi connectivity index (χ1n) is 27.6. The van der Waals surface area contributed by atoms with E-state index in [1.165, 1.54) is 0 Å². The van der Waals surface area contributed by atoms with Gasteiger partial charge in [0.15, 0.2) is 0 Å². The third-order valence-electron chi connectivity index (χ3n) is 8.08. The van der Waals surface area contributed by atoms with E-state index in [-0.39, 0.29) is 11.1 Å². The van der Waals surface area contributed by atoms with Crippen molar-refractivity contribution in [2.75, 3.05) is 4.90 Å². The van der Waals surface area contributed by atoms with Gasteiger partial charge in [-0.2, -0.15) is 0 Å². The highest BCUT2D eigenvalue weighted by molar-refractivity contribution is 6.04. The molecule has 0 radical (unpaired) electrons. The molecule has 9 aromatic carbocycles. The van der Waals surface area contributed by atoms with Crippen LogP contribution in [0.2, 0.25) is 0 Å². The van der Waals surface area contributed by atoms with Gasteiger partial charge in [0.05, 0.1) is 32.9 Å². The van der Waals surface area contributed by atoms with Gasteiger partial charge >= 0.3 is 0 Å². The van der Waals surface area contributed by atoms with E-state index in [0.717, 1.165) is 0 Å². The average molecular weight is 674 g/mol. The molecule has 0 saturated carbocycles. The first-order chi connectivity index (χ1) is 35.3. The Hall–Kier alpha value is -6.70. The van der Waals surface area contributed by atoms with E-state index < -0.39 is 195 Å². The average Bonchev–Trinajstić information content (AvgIpc) is 3.40. The number of rotatable bonds is 7. The molecule has 0 spiro atoms. The van der Waals surface area contributed by atoms with Crippen LogP contribution in [0.15, 0.2) is 212 Å². The fraction of sp³-hybridized carbons (Fsp3) is 0. The van der Waals surface area contributed by atoms with Crippen molar-refractivity contribution in [3.8, 4) is 44.5 Å². The summed E-state index contributed by atoms with van der Waals surface area (Å²) in [6.45, 7) is 0. The number of nitrogens with zero attached hydrogens (tertiary/aromatic N) is 1. The lowest BCUT2D eigenvalue weighted by atomic mass is 9.89. The number of hydrogen-bond donors (Lipinski definition) is 0. The van der Waals surface area contributed by atoms with E-state index in [0.29, 0.717) is 26.8 Å². The summed E-state index contributed by atoms with van der Waals surface area (Å²) in [4.78, 5) is 0.484. The molecule has 0 aromatic heterocycles. The molecular weight excluding hydrogens is 615 g/mol. The van der Waals surface area contributed by atoms with Gasteiger partial charge in [-0.05, 0) is 102 Å². The minimum absolute atomic E-state index is 0.249. The SMILES string of the molecule is [2H]c1c([2H])c([2H])c(-c2c([2H])c([2H])c(N(c3c([2H])c([2H])c(-c4c(-c5ccccc5)ccc5ccccc45)c([2H])c3[2H])c3c([2H])c([2H])c(-c4c([2H])c([2H])c([2H])c5c([2H])c([2H])c([2H])c([2H])c45)c([2H])c3[2H])c([2H])c2[2H])c([2H])c1[2H]. The van der Waals surface area contributed by atoms with Crippen LogP contribution in [0.1, 0.15) is 32.9 Å². The number of benzene rings is 9. The van der Waals surface area contributed by atoms with Gasteiger partial charge < -0.3 is 4.90 Å². The maximum absolute atomic E-state index is 9.74. The molecular formula is C50H35N. The lowest BCUT2D eigenvalue weighted by Crippen LogP contribution is -2.09. The fourth-order valence-electron chi connectivity index (χ4n) is 5.74. The second-order valence-corrected chi connectivity index (χ2v) is 11.1. The molecule has 9 rings (SSSR count). The van der Waals surface area contributed by atoms with Crippen LogP contribution >= 0.6 is 0 Å². The summed E-state index contributed by atoms with van der Waals surface area (Å²) in [5.74, 6) is 0. The first-order valence-corrected chi connectivity index (χ1v) is 15.6. The summed E-state index contributed by atoms with van der Waals surface area (Å²) < 4.78 is 217. The van der Waals surface area contributed by atoms with Crippen molar-refractivity contribution in [1.29, 1.82) is 0 Å². The van der Waals surface area contributed by atoms with E-state index in [9.17, 15) is 16.4 Å². The molecule has 0 aliphatic carbocycles. The topological polar surface area (TPSA) is 3.24 Å². The molecule has 0 bridgehead atoms. The monoisotopic (exact) mass is 673 g/mol. The van der Waals surface area contributed by atoms with Gasteiger partial charge in [0.1, 0.15) is 0 Å². The van der Waals surface area contributed by atoms with Gasteiger partial charge in [-0.25, -0.2) is 0 Å². The predicted molar refractivity (Wildman–Crippen MR) is 218 cm³/mol. The zero-order valence-corrected chi connectivity index (χ0v) is 26.3. The van der Waals surface area contributed by atoms with Crippen LogP contribution in [0, 0.1) is 0 Å². The first kappa shape index (κ1) is 14.3. The van der Waals surface area contributed by atoms with Crippen molar-refractivity contribution in [1.82, 2.24) is 0 Å². The van der Waals surface area contributed by atoms with Gasteiger partial charge in [0.2, 0.25) is 0 Å². The van der Waals surface area contributed by atoms with Crippen LogP contribution in [0.3, 0.4) is 0 Å². The largest absolute Gasteiger partial charge is 0.311 e. The molecule has 0 saturated heterocycles. The van der Waals surface area contributed by atoms with Crippen molar-refractivity contribution in [3.63, 3.8) is 0 Å². The zero-order chi connectivity index (χ0) is 54.9. The molecule has 0 fully saturated rings. The molecule has 9 aromatic rings. The Morgan fingerprint density at radius 3 is 1.61 bits per heavy atom. The Kier molecular flexibility index (Phi) is 3.72. The molecule has 240 valence electrons. The van der Waals surface area contributed by atoms with Crippen LogP contribution < -0.4 is 4.90 Å². The van der Waals surface area contributed by atoms with Crippen LogP contribution in [-0.2, 0) is 0 Å². The maximum atomic E-state index is 9.74. The van der Waals surface area contributed by atoms with E-state index in [2.05, 4.69) is 0 Å². The van der Waals surface area contributed by atoms with Crippen LogP contribution in [0.25, 0.3) is 66.1 Å². The highest BCUT2D eigenvalue weighted by Gasteiger charge is 2.16. The van der Waals surface area contributed by atoms with Crippen LogP contribution in [-0.4, -0.2) is 0 Å². The molecule has 0 unspecified atom stereocenters. The Balaban J connectivity index is 1.44. The Bertz CT molecular complexity index is 3880. The van der Waals surface area contributed by atoms with E-state index in [4.69, 9.17) is 16.4 Å².